The molecule has 3 nitrogen and oxygen atoms in total. The van der Waals surface area contributed by atoms with Crippen molar-refractivity contribution in [3.8, 4) is 0 Å². The van der Waals surface area contributed by atoms with E-state index in [1.807, 2.05) is 37.4 Å². The maximum atomic E-state index is 11.9. The maximum absolute atomic E-state index is 11.9. The van der Waals surface area contributed by atoms with Gasteiger partial charge in [0.25, 0.3) is 5.91 Å². The summed E-state index contributed by atoms with van der Waals surface area (Å²) in [6, 6.07) is 7.54. The first kappa shape index (κ1) is 12.4. The molecular weight excluding hydrogens is 236 g/mol. The van der Waals surface area contributed by atoms with Crippen molar-refractivity contribution in [3.05, 3.63) is 35.4 Å². The highest BCUT2D eigenvalue weighted by atomic mass is 16.2. The Bertz CT molecular complexity index is 492. The monoisotopic (exact) mass is 256 g/mol. The van der Waals surface area contributed by atoms with Crippen LogP contribution < -0.4 is 5.43 Å². The van der Waals surface area contributed by atoms with E-state index in [-0.39, 0.29) is 5.91 Å². The number of aryl methyl sites for hydroxylation is 1. The van der Waals surface area contributed by atoms with E-state index in [1.54, 1.807) is 0 Å². The standard InChI is InChI=1S/C16H20N2O/c1-11-2-5-13(6-3-11)16(19)18-17-10-15-9-12-4-7-14(15)8-12/h2-3,5-6,10,12,14-15H,4,7-9H2,1H3,(H,18,19)/b17-10-/t12-,14-,15+/m0/s1. The molecule has 0 aliphatic heterocycles. The molecule has 2 bridgehead atoms. The first-order valence-electron chi connectivity index (χ1n) is 7.12. The predicted molar refractivity (Wildman–Crippen MR) is 76.1 cm³/mol. The molecule has 2 aliphatic carbocycles. The highest BCUT2D eigenvalue weighted by Crippen LogP contribution is 2.47. The summed E-state index contributed by atoms with van der Waals surface area (Å²) in [6.45, 7) is 2.01. The average molecular weight is 256 g/mol. The molecule has 1 N–H and O–H groups in total. The van der Waals surface area contributed by atoms with Crippen molar-refractivity contribution in [3.63, 3.8) is 0 Å². The van der Waals surface area contributed by atoms with Crippen LogP contribution in [-0.2, 0) is 0 Å². The number of hydrogen-bond donors (Lipinski definition) is 1. The fourth-order valence-corrected chi connectivity index (χ4v) is 3.44. The van der Waals surface area contributed by atoms with E-state index in [4.69, 9.17) is 0 Å². The summed E-state index contributed by atoms with van der Waals surface area (Å²) in [5, 5.41) is 4.15. The Morgan fingerprint density at radius 1 is 1.26 bits per heavy atom. The molecule has 2 fully saturated rings. The summed E-state index contributed by atoms with van der Waals surface area (Å²) in [6.07, 6.45) is 7.31. The number of nitrogens with one attached hydrogen (secondary N) is 1. The van der Waals surface area contributed by atoms with Crippen LogP contribution in [0.1, 0.15) is 41.6 Å². The van der Waals surface area contributed by atoms with E-state index in [1.165, 1.54) is 25.7 Å². The van der Waals surface area contributed by atoms with Crippen LogP contribution in [0.4, 0.5) is 0 Å². The molecule has 0 spiro atoms. The van der Waals surface area contributed by atoms with E-state index in [0.717, 1.165) is 17.4 Å². The molecular formula is C16H20N2O. The second-order valence-electron chi connectivity index (χ2n) is 5.92. The van der Waals surface area contributed by atoms with E-state index in [9.17, 15) is 4.79 Å². The van der Waals surface area contributed by atoms with Crippen molar-refractivity contribution >= 4 is 12.1 Å². The van der Waals surface area contributed by atoms with Gasteiger partial charge >= 0.3 is 0 Å². The second kappa shape index (κ2) is 5.16. The van der Waals surface area contributed by atoms with Crippen molar-refractivity contribution < 1.29 is 4.79 Å². The van der Waals surface area contributed by atoms with Gasteiger partial charge in [0.15, 0.2) is 0 Å². The lowest BCUT2D eigenvalue weighted by molar-refractivity contribution is 0.0955. The highest BCUT2D eigenvalue weighted by molar-refractivity contribution is 5.94. The molecule has 3 atom stereocenters. The van der Waals surface area contributed by atoms with E-state index in [0.29, 0.717) is 11.5 Å². The van der Waals surface area contributed by atoms with Gasteiger partial charge in [-0.05, 0) is 56.1 Å². The number of carbonyl (C=O) groups excluding carboxylic acids is 1. The summed E-state index contributed by atoms with van der Waals surface area (Å²) in [7, 11) is 0. The van der Waals surface area contributed by atoms with Gasteiger partial charge in [-0.1, -0.05) is 24.1 Å². The number of fused-ring (bicyclic) bond motifs is 2. The van der Waals surface area contributed by atoms with Crippen molar-refractivity contribution in [2.24, 2.45) is 22.9 Å². The van der Waals surface area contributed by atoms with Crippen molar-refractivity contribution in [2.45, 2.75) is 32.6 Å². The van der Waals surface area contributed by atoms with Gasteiger partial charge < -0.3 is 0 Å². The smallest absolute Gasteiger partial charge is 0.267 e. The highest BCUT2D eigenvalue weighted by Gasteiger charge is 2.38. The summed E-state index contributed by atoms with van der Waals surface area (Å²) in [5.74, 6) is 2.18. The summed E-state index contributed by atoms with van der Waals surface area (Å²) in [5.41, 5.74) is 4.45. The average Bonchev–Trinajstić information content (AvgIpc) is 3.02. The van der Waals surface area contributed by atoms with Crippen LogP contribution in [-0.4, -0.2) is 12.1 Å². The molecule has 100 valence electrons. The minimum Gasteiger partial charge on any atom is -0.267 e. The third-order valence-corrected chi connectivity index (χ3v) is 4.54. The largest absolute Gasteiger partial charge is 0.271 e. The zero-order valence-electron chi connectivity index (χ0n) is 11.3. The Hall–Kier alpha value is -1.64. The Morgan fingerprint density at radius 3 is 2.68 bits per heavy atom. The predicted octanol–water partition coefficient (Wildman–Crippen LogP) is 3.15. The first-order chi connectivity index (χ1) is 9.22. The summed E-state index contributed by atoms with van der Waals surface area (Å²) < 4.78 is 0. The topological polar surface area (TPSA) is 41.5 Å². The molecule has 2 aliphatic rings. The molecule has 1 aromatic carbocycles. The molecule has 3 heteroatoms. The van der Waals surface area contributed by atoms with Crippen molar-refractivity contribution in [1.29, 1.82) is 0 Å². The minimum atomic E-state index is -0.126. The zero-order valence-corrected chi connectivity index (χ0v) is 11.3. The van der Waals surface area contributed by atoms with Crippen LogP contribution in [0.2, 0.25) is 0 Å². The fraction of sp³-hybridized carbons (Fsp3) is 0.500. The molecule has 0 aromatic heterocycles. The quantitative estimate of drug-likeness (QED) is 0.655. The maximum Gasteiger partial charge on any atom is 0.271 e. The molecule has 0 radical (unpaired) electrons. The van der Waals surface area contributed by atoms with Crippen LogP contribution in [0.3, 0.4) is 0 Å². The normalized spacial score (nSPS) is 29.0. The van der Waals surface area contributed by atoms with Crippen molar-refractivity contribution in [2.75, 3.05) is 0 Å². The molecule has 3 rings (SSSR count). The zero-order chi connectivity index (χ0) is 13.2. The van der Waals surface area contributed by atoms with Gasteiger partial charge in [0.05, 0.1) is 0 Å². The summed E-state index contributed by atoms with van der Waals surface area (Å²) in [4.78, 5) is 11.9. The third-order valence-electron chi connectivity index (χ3n) is 4.54. The molecule has 0 unspecified atom stereocenters. The number of amides is 1. The lowest BCUT2D eigenvalue weighted by Gasteiger charge is -2.16. The first-order valence-corrected chi connectivity index (χ1v) is 7.12. The van der Waals surface area contributed by atoms with Gasteiger partial charge in [0.1, 0.15) is 0 Å². The van der Waals surface area contributed by atoms with Crippen LogP contribution in [0.5, 0.6) is 0 Å². The van der Waals surface area contributed by atoms with Gasteiger partial charge in [-0.15, -0.1) is 0 Å². The molecule has 19 heavy (non-hydrogen) atoms. The molecule has 1 amide bonds. The fourth-order valence-electron chi connectivity index (χ4n) is 3.44. The number of benzene rings is 1. The Labute approximate surface area is 114 Å². The Balaban J connectivity index is 1.54. The Kier molecular flexibility index (Phi) is 3.36. The molecule has 0 saturated heterocycles. The van der Waals surface area contributed by atoms with Crippen molar-refractivity contribution in [1.82, 2.24) is 5.43 Å². The number of hydrogen-bond acceptors (Lipinski definition) is 2. The van der Waals surface area contributed by atoms with Crippen LogP contribution in [0, 0.1) is 24.7 Å². The van der Waals surface area contributed by atoms with Gasteiger partial charge in [0.2, 0.25) is 0 Å². The number of nitrogens with zero attached hydrogens (tertiary/aromatic N) is 1. The van der Waals surface area contributed by atoms with Crippen LogP contribution >= 0.6 is 0 Å². The van der Waals surface area contributed by atoms with E-state index < -0.39 is 0 Å². The van der Waals surface area contributed by atoms with E-state index in [2.05, 4.69) is 10.5 Å². The Morgan fingerprint density at radius 2 is 2.05 bits per heavy atom. The van der Waals surface area contributed by atoms with Crippen LogP contribution in [0.25, 0.3) is 0 Å². The van der Waals surface area contributed by atoms with Gasteiger partial charge in [-0.2, -0.15) is 5.10 Å². The number of rotatable bonds is 3. The third kappa shape index (κ3) is 2.70. The molecule has 1 aromatic rings. The van der Waals surface area contributed by atoms with Crippen LogP contribution in [0.15, 0.2) is 29.4 Å². The number of hydrazone groups is 1. The SMILES string of the molecule is Cc1ccc(C(=O)N/N=C\[C@H]2C[C@H]3CC[C@H]2C3)cc1. The lowest BCUT2D eigenvalue weighted by atomic mass is 9.90. The lowest BCUT2D eigenvalue weighted by Crippen LogP contribution is -2.20. The number of carbonyl (C=O) groups is 1. The second-order valence-corrected chi connectivity index (χ2v) is 5.92. The summed E-state index contributed by atoms with van der Waals surface area (Å²) >= 11 is 0. The van der Waals surface area contributed by atoms with Gasteiger partial charge in [0, 0.05) is 11.8 Å². The van der Waals surface area contributed by atoms with E-state index >= 15 is 0 Å². The molecule has 2 saturated carbocycles. The van der Waals surface area contributed by atoms with Gasteiger partial charge in [-0.25, -0.2) is 5.43 Å². The molecule has 0 heterocycles. The minimum absolute atomic E-state index is 0.126. The van der Waals surface area contributed by atoms with Gasteiger partial charge in [-0.3, -0.25) is 4.79 Å².